The van der Waals surface area contributed by atoms with Crippen LogP contribution in [0.1, 0.15) is 37.9 Å². The summed E-state index contributed by atoms with van der Waals surface area (Å²) in [5, 5.41) is 7.51. The number of nitrogens with zero attached hydrogens (tertiary/aromatic N) is 2. The predicted octanol–water partition coefficient (Wildman–Crippen LogP) is 1.07. The van der Waals surface area contributed by atoms with E-state index in [2.05, 4.69) is 29.3 Å². The minimum absolute atomic E-state index is 0.0849. The van der Waals surface area contributed by atoms with Crippen molar-refractivity contribution in [1.29, 1.82) is 0 Å². The first-order valence-electron chi connectivity index (χ1n) is 6.35. The van der Waals surface area contributed by atoms with Gasteiger partial charge in [-0.25, -0.2) is 0 Å². The quantitative estimate of drug-likeness (QED) is 0.833. The molecule has 3 rings (SSSR count). The third-order valence-electron chi connectivity index (χ3n) is 3.97. The van der Waals surface area contributed by atoms with Crippen LogP contribution in [0.25, 0.3) is 0 Å². The van der Waals surface area contributed by atoms with Crippen LogP contribution in [0.5, 0.6) is 0 Å². The second-order valence-corrected chi connectivity index (χ2v) is 5.44. The van der Waals surface area contributed by atoms with Crippen molar-refractivity contribution in [2.75, 3.05) is 26.3 Å². The number of aromatic nitrogens is 2. The molecule has 1 aromatic heterocycles. The zero-order valence-corrected chi connectivity index (χ0v) is 10.4. The summed E-state index contributed by atoms with van der Waals surface area (Å²) in [7, 11) is 0. The Morgan fingerprint density at radius 3 is 3.12 bits per heavy atom. The van der Waals surface area contributed by atoms with Crippen LogP contribution in [-0.2, 0) is 10.2 Å². The van der Waals surface area contributed by atoms with Gasteiger partial charge in [0, 0.05) is 19.1 Å². The third kappa shape index (κ3) is 1.68. The lowest BCUT2D eigenvalue weighted by atomic mass is 9.75. The Kier molecular flexibility index (Phi) is 2.67. The number of ether oxygens (including phenoxy) is 1. The molecule has 2 fully saturated rings. The smallest absolute Gasteiger partial charge is 0.236 e. The average Bonchev–Trinajstić information content (AvgIpc) is 2.96. The molecular weight excluding hydrogens is 218 g/mol. The van der Waals surface area contributed by atoms with Crippen molar-refractivity contribution in [3.63, 3.8) is 0 Å². The van der Waals surface area contributed by atoms with Crippen LogP contribution in [0.3, 0.4) is 0 Å². The minimum Gasteiger partial charge on any atom is -0.380 e. The van der Waals surface area contributed by atoms with Gasteiger partial charge in [0.05, 0.1) is 12.0 Å². The molecule has 3 heterocycles. The van der Waals surface area contributed by atoms with E-state index in [1.165, 1.54) is 0 Å². The predicted molar refractivity (Wildman–Crippen MR) is 61.9 cm³/mol. The fourth-order valence-corrected chi connectivity index (χ4v) is 2.82. The molecule has 0 saturated carbocycles. The number of nitrogens with one attached hydrogen (secondary N) is 1. The van der Waals surface area contributed by atoms with Gasteiger partial charge in [0.25, 0.3) is 0 Å². The van der Waals surface area contributed by atoms with Gasteiger partial charge in [0.15, 0.2) is 5.82 Å². The molecule has 94 valence electrons. The number of hydrogen-bond acceptors (Lipinski definition) is 5. The van der Waals surface area contributed by atoms with Crippen LogP contribution in [0.4, 0.5) is 0 Å². The SMILES string of the molecule is CC(C)c1noc([C@]23CNC[C@H]2CCOC3)n1. The molecule has 1 N–H and O–H groups in total. The zero-order valence-electron chi connectivity index (χ0n) is 10.4. The van der Waals surface area contributed by atoms with Crippen molar-refractivity contribution in [2.24, 2.45) is 5.92 Å². The molecule has 0 bridgehead atoms. The molecule has 2 aliphatic rings. The summed E-state index contributed by atoms with van der Waals surface area (Å²) in [6.07, 6.45) is 1.08. The van der Waals surface area contributed by atoms with Crippen LogP contribution < -0.4 is 5.32 Å². The second kappa shape index (κ2) is 4.07. The molecule has 2 aliphatic heterocycles. The lowest BCUT2D eigenvalue weighted by Gasteiger charge is -2.34. The molecule has 1 aromatic rings. The van der Waals surface area contributed by atoms with Crippen molar-refractivity contribution in [3.05, 3.63) is 11.7 Å². The molecule has 0 unspecified atom stereocenters. The largest absolute Gasteiger partial charge is 0.380 e. The van der Waals surface area contributed by atoms with Crippen LogP contribution in [0.2, 0.25) is 0 Å². The van der Waals surface area contributed by atoms with Gasteiger partial charge >= 0.3 is 0 Å². The Morgan fingerprint density at radius 1 is 1.47 bits per heavy atom. The summed E-state index contributed by atoms with van der Waals surface area (Å²) >= 11 is 0. The highest BCUT2D eigenvalue weighted by atomic mass is 16.5. The van der Waals surface area contributed by atoms with Gasteiger partial charge in [-0.2, -0.15) is 4.98 Å². The van der Waals surface area contributed by atoms with Crippen molar-refractivity contribution >= 4 is 0 Å². The van der Waals surface area contributed by atoms with E-state index in [0.717, 1.165) is 37.8 Å². The van der Waals surface area contributed by atoms with Gasteiger partial charge in [0.2, 0.25) is 5.89 Å². The second-order valence-electron chi connectivity index (χ2n) is 5.44. The van der Waals surface area contributed by atoms with Gasteiger partial charge in [-0.1, -0.05) is 19.0 Å². The molecule has 0 aromatic carbocycles. The standard InChI is InChI=1S/C12H19N3O2/c1-8(2)10-14-11(17-15-10)12-6-13-5-9(12)3-4-16-7-12/h8-9,13H,3-7H2,1-2H3/t9-,12+/m1/s1. The zero-order chi connectivity index (χ0) is 11.9. The molecule has 5 heteroatoms. The highest BCUT2D eigenvalue weighted by molar-refractivity contribution is 5.15. The fraction of sp³-hybridized carbons (Fsp3) is 0.833. The highest BCUT2D eigenvalue weighted by Crippen LogP contribution is 2.39. The van der Waals surface area contributed by atoms with Crippen LogP contribution in [0.15, 0.2) is 4.52 Å². The Hall–Kier alpha value is -0.940. The fourth-order valence-electron chi connectivity index (χ4n) is 2.82. The topological polar surface area (TPSA) is 60.2 Å². The van der Waals surface area contributed by atoms with Crippen molar-refractivity contribution in [2.45, 2.75) is 31.6 Å². The first-order valence-corrected chi connectivity index (χ1v) is 6.35. The summed E-state index contributed by atoms with van der Waals surface area (Å²) in [5.41, 5.74) is -0.0849. The van der Waals surface area contributed by atoms with Gasteiger partial charge in [-0.05, 0) is 18.9 Å². The minimum atomic E-state index is -0.0849. The molecule has 0 spiro atoms. The van der Waals surface area contributed by atoms with E-state index < -0.39 is 0 Å². The van der Waals surface area contributed by atoms with Gasteiger partial charge in [-0.15, -0.1) is 0 Å². The third-order valence-corrected chi connectivity index (χ3v) is 3.97. The molecule has 2 atom stereocenters. The van der Waals surface area contributed by atoms with Crippen molar-refractivity contribution in [1.82, 2.24) is 15.5 Å². The number of rotatable bonds is 2. The molecule has 2 saturated heterocycles. The molecule has 5 nitrogen and oxygen atoms in total. The van der Waals surface area contributed by atoms with Crippen LogP contribution in [-0.4, -0.2) is 36.4 Å². The number of fused-ring (bicyclic) bond motifs is 1. The monoisotopic (exact) mass is 237 g/mol. The molecule has 0 radical (unpaired) electrons. The van der Waals surface area contributed by atoms with E-state index in [9.17, 15) is 0 Å². The maximum Gasteiger partial charge on any atom is 0.236 e. The van der Waals surface area contributed by atoms with E-state index in [0.29, 0.717) is 18.4 Å². The Labute approximate surface area is 101 Å². The summed E-state index contributed by atoms with van der Waals surface area (Å²) in [4.78, 5) is 4.57. The summed E-state index contributed by atoms with van der Waals surface area (Å²) in [6, 6.07) is 0. The average molecular weight is 237 g/mol. The Bertz CT molecular complexity index is 404. The van der Waals surface area contributed by atoms with Crippen LogP contribution in [0, 0.1) is 5.92 Å². The molecule has 0 aliphatic carbocycles. The maximum absolute atomic E-state index is 5.64. The lowest BCUT2D eigenvalue weighted by molar-refractivity contribution is 0.00198. The molecule has 0 amide bonds. The van der Waals surface area contributed by atoms with E-state index in [1.54, 1.807) is 0 Å². The normalized spacial score (nSPS) is 33.0. The molecular formula is C12H19N3O2. The summed E-state index contributed by atoms with van der Waals surface area (Å²) in [6.45, 7) is 7.62. The van der Waals surface area contributed by atoms with Crippen molar-refractivity contribution in [3.8, 4) is 0 Å². The van der Waals surface area contributed by atoms with Crippen molar-refractivity contribution < 1.29 is 9.26 Å². The maximum atomic E-state index is 5.64. The summed E-state index contributed by atoms with van der Waals surface area (Å²) in [5.74, 6) is 2.43. The first kappa shape index (κ1) is 11.2. The lowest BCUT2D eigenvalue weighted by Crippen LogP contribution is -2.44. The van der Waals surface area contributed by atoms with E-state index in [1.807, 2.05) is 0 Å². The van der Waals surface area contributed by atoms with E-state index in [-0.39, 0.29) is 5.41 Å². The highest BCUT2D eigenvalue weighted by Gasteiger charge is 2.50. The Morgan fingerprint density at radius 2 is 2.35 bits per heavy atom. The van der Waals surface area contributed by atoms with Crippen LogP contribution >= 0.6 is 0 Å². The van der Waals surface area contributed by atoms with Gasteiger partial charge in [-0.3, -0.25) is 0 Å². The van der Waals surface area contributed by atoms with Gasteiger partial charge in [0.1, 0.15) is 0 Å². The summed E-state index contributed by atoms with van der Waals surface area (Å²) < 4.78 is 11.1. The Balaban J connectivity index is 1.94. The molecule has 17 heavy (non-hydrogen) atoms. The van der Waals surface area contributed by atoms with E-state index >= 15 is 0 Å². The number of hydrogen-bond donors (Lipinski definition) is 1. The van der Waals surface area contributed by atoms with E-state index in [4.69, 9.17) is 9.26 Å². The first-order chi connectivity index (χ1) is 8.22. The van der Waals surface area contributed by atoms with Gasteiger partial charge < -0.3 is 14.6 Å².